The second-order valence-electron chi connectivity index (χ2n) is 5.51. The maximum Gasteiger partial charge on any atom is 0.419 e. The van der Waals surface area contributed by atoms with Crippen LogP contribution in [-0.4, -0.2) is 35.6 Å². The van der Waals surface area contributed by atoms with Gasteiger partial charge in [-0.25, -0.2) is 4.79 Å². The zero-order valence-corrected chi connectivity index (χ0v) is 11.6. The Bertz CT molecular complexity index is 623. The highest BCUT2D eigenvalue weighted by atomic mass is 16.4. The molecule has 0 atom stereocenters. The van der Waals surface area contributed by atoms with Gasteiger partial charge < -0.3 is 15.1 Å². The van der Waals surface area contributed by atoms with Crippen molar-refractivity contribution >= 4 is 11.1 Å². The van der Waals surface area contributed by atoms with Gasteiger partial charge in [-0.1, -0.05) is 12.1 Å². The van der Waals surface area contributed by atoms with Crippen LogP contribution in [0, 0.1) is 5.92 Å². The van der Waals surface area contributed by atoms with Crippen molar-refractivity contribution in [2.45, 2.75) is 19.4 Å². The van der Waals surface area contributed by atoms with Crippen molar-refractivity contribution in [1.82, 2.24) is 9.47 Å². The van der Waals surface area contributed by atoms with Crippen molar-refractivity contribution in [3.8, 4) is 0 Å². The number of hydrogen-bond acceptors (Lipinski definition) is 4. The fourth-order valence-electron chi connectivity index (χ4n) is 2.91. The molecule has 1 saturated heterocycles. The third kappa shape index (κ3) is 2.64. The normalized spacial score (nSPS) is 17.9. The van der Waals surface area contributed by atoms with Crippen molar-refractivity contribution in [1.29, 1.82) is 0 Å². The summed E-state index contributed by atoms with van der Waals surface area (Å²) in [4.78, 5) is 14.3. The van der Waals surface area contributed by atoms with Crippen LogP contribution in [0.1, 0.15) is 12.8 Å². The van der Waals surface area contributed by atoms with Gasteiger partial charge in [-0.15, -0.1) is 0 Å². The van der Waals surface area contributed by atoms with E-state index in [1.807, 2.05) is 24.3 Å². The molecule has 5 nitrogen and oxygen atoms in total. The molecule has 0 bridgehead atoms. The SMILES string of the molecule is NCC1CCN(CCn2c(=O)oc3ccccc32)CC1. The summed E-state index contributed by atoms with van der Waals surface area (Å²) in [5.41, 5.74) is 7.26. The van der Waals surface area contributed by atoms with E-state index in [9.17, 15) is 4.79 Å². The number of nitrogens with zero attached hydrogens (tertiary/aromatic N) is 2. The molecule has 20 heavy (non-hydrogen) atoms. The Balaban J connectivity index is 1.66. The van der Waals surface area contributed by atoms with Gasteiger partial charge in [0.2, 0.25) is 0 Å². The summed E-state index contributed by atoms with van der Waals surface area (Å²) < 4.78 is 6.97. The summed E-state index contributed by atoms with van der Waals surface area (Å²) in [6.45, 7) is 4.52. The molecule has 1 aliphatic rings. The van der Waals surface area contributed by atoms with Crippen LogP contribution in [0.3, 0.4) is 0 Å². The molecule has 2 N–H and O–H groups in total. The fraction of sp³-hybridized carbons (Fsp3) is 0.533. The molecule has 0 saturated carbocycles. The van der Waals surface area contributed by atoms with Crippen molar-refractivity contribution in [3.05, 3.63) is 34.8 Å². The van der Waals surface area contributed by atoms with Gasteiger partial charge in [-0.2, -0.15) is 0 Å². The van der Waals surface area contributed by atoms with Crippen molar-refractivity contribution in [2.24, 2.45) is 11.7 Å². The van der Waals surface area contributed by atoms with Crippen LogP contribution in [0.5, 0.6) is 0 Å². The Morgan fingerprint density at radius 2 is 1.95 bits per heavy atom. The molecule has 1 aromatic carbocycles. The van der Waals surface area contributed by atoms with E-state index < -0.39 is 0 Å². The van der Waals surface area contributed by atoms with Crippen LogP contribution >= 0.6 is 0 Å². The minimum Gasteiger partial charge on any atom is -0.408 e. The van der Waals surface area contributed by atoms with E-state index >= 15 is 0 Å². The number of fused-ring (bicyclic) bond motifs is 1. The first kappa shape index (κ1) is 13.4. The second-order valence-corrected chi connectivity index (χ2v) is 5.51. The number of nitrogens with two attached hydrogens (primary N) is 1. The van der Waals surface area contributed by atoms with Crippen LogP contribution < -0.4 is 11.5 Å². The zero-order valence-electron chi connectivity index (χ0n) is 11.6. The molecule has 2 aromatic rings. The summed E-state index contributed by atoms with van der Waals surface area (Å²) in [6.07, 6.45) is 2.33. The van der Waals surface area contributed by atoms with Crippen LogP contribution in [-0.2, 0) is 6.54 Å². The molecule has 5 heteroatoms. The lowest BCUT2D eigenvalue weighted by Crippen LogP contribution is -2.38. The molecule has 1 aromatic heterocycles. The van der Waals surface area contributed by atoms with Gasteiger partial charge in [0.15, 0.2) is 5.58 Å². The molecule has 1 aliphatic heterocycles. The first-order valence-electron chi connectivity index (χ1n) is 7.28. The van der Waals surface area contributed by atoms with Crippen LogP contribution in [0.25, 0.3) is 11.1 Å². The molecular formula is C15H21N3O2. The molecule has 2 heterocycles. The lowest BCUT2D eigenvalue weighted by Gasteiger charge is -2.31. The number of oxazole rings is 1. The number of likely N-dealkylation sites (tertiary alicyclic amines) is 1. The quantitative estimate of drug-likeness (QED) is 0.912. The molecule has 0 spiro atoms. The first-order chi connectivity index (χ1) is 9.78. The third-order valence-electron chi connectivity index (χ3n) is 4.25. The van der Waals surface area contributed by atoms with Gasteiger partial charge in [-0.05, 0) is 50.5 Å². The zero-order chi connectivity index (χ0) is 13.9. The van der Waals surface area contributed by atoms with Crippen LogP contribution in [0.2, 0.25) is 0 Å². The van der Waals surface area contributed by atoms with E-state index in [0.717, 1.165) is 44.5 Å². The fourth-order valence-corrected chi connectivity index (χ4v) is 2.91. The maximum absolute atomic E-state index is 11.9. The molecule has 0 amide bonds. The lowest BCUT2D eigenvalue weighted by molar-refractivity contribution is 0.181. The highest BCUT2D eigenvalue weighted by Gasteiger charge is 2.18. The smallest absolute Gasteiger partial charge is 0.408 e. The Kier molecular flexibility index (Phi) is 3.89. The monoisotopic (exact) mass is 275 g/mol. The summed E-state index contributed by atoms with van der Waals surface area (Å²) in [5.74, 6) is 0.409. The number of para-hydroxylation sites is 2. The van der Waals surface area contributed by atoms with Crippen molar-refractivity contribution in [2.75, 3.05) is 26.2 Å². The van der Waals surface area contributed by atoms with E-state index in [1.54, 1.807) is 4.57 Å². The Labute approximate surface area is 118 Å². The minimum atomic E-state index is -0.261. The Morgan fingerprint density at radius 1 is 1.20 bits per heavy atom. The second kappa shape index (κ2) is 5.81. The molecular weight excluding hydrogens is 254 g/mol. The van der Waals surface area contributed by atoms with Gasteiger partial charge in [0, 0.05) is 13.1 Å². The van der Waals surface area contributed by atoms with Gasteiger partial charge in [0.1, 0.15) is 0 Å². The summed E-state index contributed by atoms with van der Waals surface area (Å²) in [7, 11) is 0. The molecule has 0 aliphatic carbocycles. The third-order valence-corrected chi connectivity index (χ3v) is 4.25. The highest BCUT2D eigenvalue weighted by molar-refractivity contribution is 5.72. The predicted octanol–water partition coefficient (Wildman–Crippen LogP) is 1.27. The van der Waals surface area contributed by atoms with Crippen molar-refractivity contribution in [3.63, 3.8) is 0 Å². The average Bonchev–Trinajstić information content (AvgIpc) is 2.81. The van der Waals surface area contributed by atoms with E-state index in [4.69, 9.17) is 10.2 Å². The number of rotatable bonds is 4. The van der Waals surface area contributed by atoms with Crippen LogP contribution in [0.15, 0.2) is 33.5 Å². The van der Waals surface area contributed by atoms with E-state index in [2.05, 4.69) is 4.90 Å². The number of benzene rings is 1. The van der Waals surface area contributed by atoms with Gasteiger partial charge >= 0.3 is 5.76 Å². The summed E-state index contributed by atoms with van der Waals surface area (Å²) in [5, 5.41) is 0. The first-order valence-corrected chi connectivity index (χ1v) is 7.28. The van der Waals surface area contributed by atoms with Gasteiger partial charge in [0.05, 0.1) is 5.52 Å². The van der Waals surface area contributed by atoms with Crippen LogP contribution in [0.4, 0.5) is 0 Å². The number of aromatic nitrogens is 1. The maximum atomic E-state index is 11.9. The highest BCUT2D eigenvalue weighted by Crippen LogP contribution is 2.16. The van der Waals surface area contributed by atoms with Gasteiger partial charge in [-0.3, -0.25) is 4.57 Å². The minimum absolute atomic E-state index is 0.261. The molecule has 108 valence electrons. The lowest BCUT2D eigenvalue weighted by atomic mass is 9.97. The van der Waals surface area contributed by atoms with Gasteiger partial charge in [0.25, 0.3) is 0 Å². The number of hydrogen-bond donors (Lipinski definition) is 1. The summed E-state index contributed by atoms with van der Waals surface area (Å²) >= 11 is 0. The topological polar surface area (TPSA) is 64.4 Å². The average molecular weight is 275 g/mol. The molecule has 0 radical (unpaired) electrons. The van der Waals surface area contributed by atoms with E-state index in [-0.39, 0.29) is 5.76 Å². The molecule has 3 rings (SSSR count). The predicted molar refractivity (Wildman–Crippen MR) is 78.7 cm³/mol. The summed E-state index contributed by atoms with van der Waals surface area (Å²) in [6, 6.07) is 7.58. The number of piperidine rings is 1. The van der Waals surface area contributed by atoms with Crippen molar-refractivity contribution < 1.29 is 4.42 Å². The van der Waals surface area contributed by atoms with E-state index in [1.165, 1.54) is 0 Å². The molecule has 0 unspecified atom stereocenters. The Morgan fingerprint density at radius 3 is 2.70 bits per heavy atom. The Hall–Kier alpha value is -1.59. The standard InChI is InChI=1S/C15H21N3O2/c16-11-12-5-7-17(8-6-12)9-10-18-13-3-1-2-4-14(13)20-15(18)19/h1-4,12H,5-11,16H2. The largest absolute Gasteiger partial charge is 0.419 e. The van der Waals surface area contributed by atoms with E-state index in [0.29, 0.717) is 18.0 Å². The molecule has 1 fully saturated rings.